The number of hydrogen-bond acceptors (Lipinski definition) is 3. The van der Waals surface area contributed by atoms with Crippen LogP contribution < -0.4 is 10.6 Å². The minimum Gasteiger partial charge on any atom is -0.481 e. The van der Waals surface area contributed by atoms with Gasteiger partial charge >= 0.3 is 12.0 Å². The van der Waals surface area contributed by atoms with Crippen molar-refractivity contribution >= 4 is 17.7 Å². The average molecular weight is 294 g/mol. The minimum atomic E-state index is -0.937. The van der Waals surface area contributed by atoms with Gasteiger partial charge in [-0.05, 0) is 18.1 Å². The van der Waals surface area contributed by atoms with Gasteiger partial charge in [0.05, 0.1) is 19.1 Å². The van der Waals surface area contributed by atoms with E-state index in [9.17, 15) is 9.59 Å². The number of aliphatic carboxylic acids is 1. The van der Waals surface area contributed by atoms with Crippen molar-refractivity contribution in [2.75, 3.05) is 19.0 Å². The number of hydrogen-bond donors (Lipinski definition) is 3. The van der Waals surface area contributed by atoms with Crippen molar-refractivity contribution in [1.82, 2.24) is 5.32 Å². The van der Waals surface area contributed by atoms with Crippen molar-refractivity contribution in [2.24, 2.45) is 0 Å². The monoisotopic (exact) mass is 294 g/mol. The molecule has 0 aliphatic heterocycles. The summed E-state index contributed by atoms with van der Waals surface area (Å²) in [4.78, 5) is 22.8. The molecule has 2 amide bonds. The van der Waals surface area contributed by atoms with Crippen molar-refractivity contribution in [3.05, 3.63) is 29.8 Å². The number of carbonyl (C=O) groups is 2. The summed E-state index contributed by atoms with van der Waals surface area (Å²) in [5.74, 6) is -0.937. The molecule has 0 aliphatic carbocycles. The number of ether oxygens (including phenoxy) is 1. The van der Waals surface area contributed by atoms with E-state index in [2.05, 4.69) is 10.6 Å². The number of carboxylic acids is 1. The first-order chi connectivity index (χ1) is 10.1. The summed E-state index contributed by atoms with van der Waals surface area (Å²) >= 11 is 0. The number of carboxylic acid groups (broad SMARTS) is 1. The highest BCUT2D eigenvalue weighted by Gasteiger charge is 2.13. The van der Waals surface area contributed by atoms with E-state index in [0.717, 1.165) is 12.8 Å². The predicted octanol–water partition coefficient (Wildman–Crippen LogP) is 2.25. The highest BCUT2D eigenvalue weighted by atomic mass is 16.5. The van der Waals surface area contributed by atoms with Gasteiger partial charge in [0.2, 0.25) is 0 Å². The Kier molecular flexibility index (Phi) is 7.25. The molecule has 0 fully saturated rings. The molecule has 1 aromatic carbocycles. The molecule has 1 aromatic rings. The van der Waals surface area contributed by atoms with Crippen LogP contribution in [0.1, 0.15) is 25.3 Å². The molecule has 0 saturated carbocycles. The Morgan fingerprint density at radius 1 is 1.33 bits per heavy atom. The average Bonchev–Trinajstić information content (AvgIpc) is 2.41. The van der Waals surface area contributed by atoms with Gasteiger partial charge < -0.3 is 20.5 Å². The molecule has 3 N–H and O–H groups in total. The zero-order chi connectivity index (χ0) is 15.7. The van der Waals surface area contributed by atoms with Crippen LogP contribution in [-0.2, 0) is 16.0 Å². The summed E-state index contributed by atoms with van der Waals surface area (Å²) < 4.78 is 5.06. The first-order valence-electron chi connectivity index (χ1n) is 6.93. The molecule has 6 heteroatoms. The lowest BCUT2D eigenvalue weighted by Crippen LogP contribution is -2.40. The Morgan fingerprint density at radius 2 is 2.05 bits per heavy atom. The molecule has 116 valence electrons. The van der Waals surface area contributed by atoms with Crippen molar-refractivity contribution in [2.45, 2.75) is 32.2 Å². The zero-order valence-corrected chi connectivity index (χ0v) is 12.4. The molecule has 0 saturated heterocycles. The molecular formula is C15H22N2O4. The van der Waals surface area contributed by atoms with Gasteiger partial charge in [0.15, 0.2) is 0 Å². The smallest absolute Gasteiger partial charge is 0.319 e. The molecule has 0 heterocycles. The van der Waals surface area contributed by atoms with Crippen LogP contribution >= 0.6 is 0 Å². The first kappa shape index (κ1) is 17.0. The van der Waals surface area contributed by atoms with E-state index < -0.39 is 5.97 Å². The number of para-hydroxylation sites is 1. The Hall–Kier alpha value is -2.08. The van der Waals surface area contributed by atoms with Gasteiger partial charge in [0, 0.05) is 12.8 Å². The van der Waals surface area contributed by atoms with Gasteiger partial charge in [-0.25, -0.2) is 4.79 Å². The lowest BCUT2D eigenvalue weighted by atomic mass is 10.1. The Bertz CT molecular complexity index is 470. The molecule has 6 nitrogen and oxygen atoms in total. The maximum Gasteiger partial charge on any atom is 0.319 e. The molecule has 1 unspecified atom stereocenters. The van der Waals surface area contributed by atoms with Crippen LogP contribution in [0.4, 0.5) is 10.5 Å². The van der Waals surface area contributed by atoms with Crippen LogP contribution in [0.25, 0.3) is 0 Å². The Balaban J connectivity index is 2.67. The molecule has 0 bridgehead atoms. The fourth-order valence-electron chi connectivity index (χ4n) is 2.05. The molecule has 0 radical (unpaired) electrons. The van der Waals surface area contributed by atoms with Gasteiger partial charge in [-0.15, -0.1) is 0 Å². The summed E-state index contributed by atoms with van der Waals surface area (Å²) in [5.41, 5.74) is 1.07. The minimum absolute atomic E-state index is 0.0633. The van der Waals surface area contributed by atoms with Crippen LogP contribution in [0, 0.1) is 0 Å². The highest BCUT2D eigenvalue weighted by Crippen LogP contribution is 2.15. The molecular weight excluding hydrogens is 272 g/mol. The van der Waals surface area contributed by atoms with Crippen LogP contribution in [0.3, 0.4) is 0 Å². The standard InChI is InChI=1S/C15H22N2O4/c1-3-6-12(10-21-2)16-15(20)17-13-8-5-4-7-11(13)9-14(18)19/h4-5,7-8,12H,3,6,9-10H2,1-2H3,(H,18,19)(H2,16,17,20). The van der Waals surface area contributed by atoms with E-state index in [1.165, 1.54) is 0 Å². The normalized spacial score (nSPS) is 11.7. The molecule has 0 spiro atoms. The third kappa shape index (κ3) is 6.27. The molecule has 1 atom stereocenters. The lowest BCUT2D eigenvalue weighted by Gasteiger charge is -2.18. The van der Waals surface area contributed by atoms with E-state index >= 15 is 0 Å². The summed E-state index contributed by atoms with van der Waals surface area (Å²) in [5, 5.41) is 14.4. The number of amides is 2. The number of methoxy groups -OCH3 is 1. The van der Waals surface area contributed by atoms with Gasteiger partial charge in [-0.2, -0.15) is 0 Å². The van der Waals surface area contributed by atoms with Crippen molar-refractivity contribution in [3.63, 3.8) is 0 Å². The Morgan fingerprint density at radius 3 is 2.67 bits per heavy atom. The maximum atomic E-state index is 12.0. The summed E-state index contributed by atoms with van der Waals surface area (Å²) in [6.07, 6.45) is 1.62. The fourth-order valence-corrected chi connectivity index (χ4v) is 2.05. The second-order valence-corrected chi connectivity index (χ2v) is 4.77. The van der Waals surface area contributed by atoms with Gasteiger partial charge in [-0.3, -0.25) is 4.79 Å². The summed E-state index contributed by atoms with van der Waals surface area (Å²) in [7, 11) is 1.59. The largest absolute Gasteiger partial charge is 0.481 e. The number of urea groups is 1. The summed E-state index contributed by atoms with van der Waals surface area (Å²) in [6, 6.07) is 6.44. The topological polar surface area (TPSA) is 87.7 Å². The third-order valence-corrected chi connectivity index (χ3v) is 2.95. The summed E-state index contributed by atoms with van der Waals surface area (Å²) in [6.45, 7) is 2.47. The predicted molar refractivity (Wildman–Crippen MR) is 80.5 cm³/mol. The molecule has 0 aromatic heterocycles. The first-order valence-corrected chi connectivity index (χ1v) is 6.93. The van der Waals surface area contributed by atoms with Gasteiger partial charge in [0.1, 0.15) is 0 Å². The molecule has 1 rings (SSSR count). The van der Waals surface area contributed by atoms with E-state index in [0.29, 0.717) is 17.9 Å². The number of benzene rings is 1. The molecule has 21 heavy (non-hydrogen) atoms. The van der Waals surface area contributed by atoms with Gasteiger partial charge in [-0.1, -0.05) is 31.5 Å². The van der Waals surface area contributed by atoms with Crippen molar-refractivity contribution < 1.29 is 19.4 Å². The Labute approximate surface area is 124 Å². The number of anilines is 1. The quantitative estimate of drug-likeness (QED) is 0.686. The van der Waals surface area contributed by atoms with Crippen molar-refractivity contribution in [1.29, 1.82) is 0 Å². The fraction of sp³-hybridized carbons (Fsp3) is 0.467. The van der Waals surface area contributed by atoms with Crippen molar-refractivity contribution in [3.8, 4) is 0 Å². The number of rotatable bonds is 8. The SMILES string of the molecule is CCCC(COC)NC(=O)Nc1ccccc1CC(=O)O. The van der Waals surface area contributed by atoms with Crippen LogP contribution in [0.2, 0.25) is 0 Å². The van der Waals surface area contributed by atoms with Crippen LogP contribution in [0.5, 0.6) is 0 Å². The van der Waals surface area contributed by atoms with Crippen LogP contribution in [0.15, 0.2) is 24.3 Å². The number of carbonyl (C=O) groups excluding carboxylic acids is 1. The zero-order valence-electron chi connectivity index (χ0n) is 12.4. The molecule has 0 aliphatic rings. The maximum absolute atomic E-state index is 12.0. The highest BCUT2D eigenvalue weighted by molar-refractivity contribution is 5.91. The second-order valence-electron chi connectivity index (χ2n) is 4.77. The van der Waals surface area contributed by atoms with E-state index in [4.69, 9.17) is 9.84 Å². The van der Waals surface area contributed by atoms with E-state index in [1.807, 2.05) is 6.92 Å². The van der Waals surface area contributed by atoms with E-state index in [-0.39, 0.29) is 18.5 Å². The van der Waals surface area contributed by atoms with Gasteiger partial charge in [0.25, 0.3) is 0 Å². The third-order valence-electron chi connectivity index (χ3n) is 2.95. The van der Waals surface area contributed by atoms with E-state index in [1.54, 1.807) is 31.4 Å². The number of nitrogens with one attached hydrogen (secondary N) is 2. The lowest BCUT2D eigenvalue weighted by molar-refractivity contribution is -0.136. The second kappa shape index (κ2) is 8.97. The van der Waals surface area contributed by atoms with Crippen LogP contribution in [-0.4, -0.2) is 36.9 Å².